The van der Waals surface area contributed by atoms with Gasteiger partial charge < -0.3 is 19.7 Å². The maximum Gasteiger partial charge on any atom is 0.318 e. The second kappa shape index (κ2) is 9.47. The highest BCUT2D eigenvalue weighted by atomic mass is 16.2. The van der Waals surface area contributed by atoms with Crippen molar-refractivity contribution in [3.05, 3.63) is 95.4 Å². The van der Waals surface area contributed by atoms with Crippen molar-refractivity contribution in [1.29, 1.82) is 0 Å². The summed E-state index contributed by atoms with van der Waals surface area (Å²) >= 11 is 0. The lowest BCUT2D eigenvalue weighted by Gasteiger charge is -2.32. The Morgan fingerprint density at radius 1 is 0.973 bits per heavy atom. The topological polar surface area (TPSA) is 58.3 Å². The van der Waals surface area contributed by atoms with Crippen LogP contribution in [0.15, 0.2) is 72.9 Å². The molecule has 7 heteroatoms. The Morgan fingerprint density at radius 2 is 1.70 bits per heavy atom. The zero-order valence-electron chi connectivity index (χ0n) is 21.8. The SMILES string of the molecule is Cc1nn(-c2ccccc2)c2c1CN(C(=O)NC1CCCC1)C(c1ccc(N(C)C)cc1)c1cccn1-2. The monoisotopic (exact) mass is 494 g/mol. The van der Waals surface area contributed by atoms with E-state index in [-0.39, 0.29) is 18.1 Å². The molecule has 2 amide bonds. The smallest absolute Gasteiger partial charge is 0.318 e. The molecule has 4 aromatic rings. The number of carbonyl (C=O) groups excluding carboxylic acids is 1. The van der Waals surface area contributed by atoms with Crippen LogP contribution >= 0.6 is 0 Å². The number of rotatable bonds is 4. The number of fused-ring (bicyclic) bond motifs is 3. The van der Waals surface area contributed by atoms with Gasteiger partial charge in [0.25, 0.3) is 0 Å². The minimum Gasteiger partial charge on any atom is -0.378 e. The highest BCUT2D eigenvalue weighted by molar-refractivity contribution is 5.76. The highest BCUT2D eigenvalue weighted by Crippen LogP contribution is 2.39. The van der Waals surface area contributed by atoms with Crippen LogP contribution in [0.4, 0.5) is 10.5 Å². The summed E-state index contributed by atoms with van der Waals surface area (Å²) in [4.78, 5) is 18.1. The van der Waals surface area contributed by atoms with Crippen LogP contribution in [-0.2, 0) is 6.54 Å². The van der Waals surface area contributed by atoms with Crippen molar-refractivity contribution < 1.29 is 4.79 Å². The molecule has 0 bridgehead atoms. The summed E-state index contributed by atoms with van der Waals surface area (Å²) in [5.74, 6) is 0.995. The van der Waals surface area contributed by atoms with Gasteiger partial charge in [0.15, 0.2) is 0 Å². The number of aromatic nitrogens is 3. The number of nitrogens with one attached hydrogen (secondary N) is 1. The third-order valence-corrected chi connectivity index (χ3v) is 7.76. The first-order valence-corrected chi connectivity index (χ1v) is 13.2. The van der Waals surface area contributed by atoms with Crippen LogP contribution in [-0.4, -0.2) is 45.4 Å². The van der Waals surface area contributed by atoms with Crippen molar-refractivity contribution >= 4 is 11.7 Å². The normalized spacial score (nSPS) is 17.3. The maximum absolute atomic E-state index is 14.0. The molecule has 2 aliphatic rings. The Hall–Kier alpha value is -4.00. The minimum absolute atomic E-state index is 0.0129. The molecule has 2 aromatic carbocycles. The molecular weight excluding hydrogens is 460 g/mol. The van der Waals surface area contributed by atoms with Gasteiger partial charge in [0.05, 0.1) is 29.7 Å². The largest absolute Gasteiger partial charge is 0.378 e. The average molecular weight is 495 g/mol. The molecule has 1 atom stereocenters. The molecule has 0 saturated heterocycles. The van der Waals surface area contributed by atoms with E-state index in [0.717, 1.165) is 52.5 Å². The molecule has 1 aliphatic carbocycles. The van der Waals surface area contributed by atoms with Crippen LogP contribution in [0.25, 0.3) is 11.5 Å². The number of benzene rings is 2. The predicted molar refractivity (Wildman–Crippen MR) is 147 cm³/mol. The maximum atomic E-state index is 14.0. The Kier molecular flexibility index (Phi) is 5.99. The zero-order chi connectivity index (χ0) is 25.5. The van der Waals surface area contributed by atoms with Gasteiger partial charge in [-0.05, 0) is 61.7 Å². The lowest BCUT2D eigenvalue weighted by molar-refractivity contribution is 0.176. The number of hydrogen-bond donors (Lipinski definition) is 1. The number of hydrogen-bond acceptors (Lipinski definition) is 3. The second-order valence-electron chi connectivity index (χ2n) is 10.4. The summed E-state index contributed by atoms with van der Waals surface area (Å²) in [6, 6.07) is 23.0. The molecule has 1 unspecified atom stereocenters. The third-order valence-electron chi connectivity index (χ3n) is 7.76. The Labute approximate surface area is 218 Å². The standard InChI is InChI=1S/C30H34N6O/c1-21-26-20-35(30(37)31-23-10-7-8-11-23)28(22-15-17-24(18-16-22)33(2)3)27-14-9-19-34(27)29(26)36(32-21)25-12-5-4-6-13-25/h4-6,9,12-19,23,28H,7-8,10-11,20H2,1-3H3,(H,31,37). The predicted octanol–water partition coefficient (Wildman–Crippen LogP) is 5.59. The summed E-state index contributed by atoms with van der Waals surface area (Å²) in [5, 5.41) is 8.30. The van der Waals surface area contributed by atoms with Crippen molar-refractivity contribution in [3.63, 3.8) is 0 Å². The molecule has 37 heavy (non-hydrogen) atoms. The van der Waals surface area contributed by atoms with Gasteiger partial charge >= 0.3 is 6.03 Å². The molecule has 6 rings (SSSR count). The molecule has 0 spiro atoms. The Morgan fingerprint density at radius 3 is 2.41 bits per heavy atom. The highest BCUT2D eigenvalue weighted by Gasteiger charge is 2.36. The van der Waals surface area contributed by atoms with Crippen LogP contribution in [0, 0.1) is 6.92 Å². The van der Waals surface area contributed by atoms with Gasteiger partial charge in [0.1, 0.15) is 5.82 Å². The summed E-state index contributed by atoms with van der Waals surface area (Å²) in [5.41, 5.74) is 6.27. The summed E-state index contributed by atoms with van der Waals surface area (Å²) in [6.07, 6.45) is 6.55. The van der Waals surface area contributed by atoms with E-state index in [9.17, 15) is 4.79 Å². The number of amides is 2. The van der Waals surface area contributed by atoms with Gasteiger partial charge in [0, 0.05) is 37.6 Å². The summed E-state index contributed by atoms with van der Waals surface area (Å²) in [7, 11) is 4.09. The Bertz CT molecular complexity index is 1400. The first-order chi connectivity index (χ1) is 18.0. The van der Waals surface area contributed by atoms with E-state index in [1.165, 1.54) is 12.8 Å². The molecule has 190 valence electrons. The first kappa shape index (κ1) is 23.4. The average Bonchev–Trinajstić information content (AvgIpc) is 3.64. The van der Waals surface area contributed by atoms with Crippen LogP contribution in [0.2, 0.25) is 0 Å². The van der Waals surface area contributed by atoms with Gasteiger partial charge in [-0.2, -0.15) is 5.10 Å². The lowest BCUT2D eigenvalue weighted by atomic mass is 10.0. The van der Waals surface area contributed by atoms with Crippen LogP contribution < -0.4 is 10.2 Å². The quantitative estimate of drug-likeness (QED) is 0.402. The second-order valence-corrected chi connectivity index (χ2v) is 10.4. The molecule has 3 heterocycles. The van der Waals surface area contributed by atoms with E-state index in [2.05, 4.69) is 69.5 Å². The van der Waals surface area contributed by atoms with Gasteiger partial charge in [-0.15, -0.1) is 0 Å². The first-order valence-electron chi connectivity index (χ1n) is 13.2. The Balaban J connectivity index is 1.51. The van der Waals surface area contributed by atoms with Crippen LogP contribution in [0.5, 0.6) is 0 Å². The number of anilines is 1. The fourth-order valence-electron chi connectivity index (χ4n) is 5.78. The molecule has 1 aliphatic heterocycles. The van der Waals surface area contributed by atoms with Gasteiger partial charge in [-0.3, -0.25) is 0 Å². The van der Waals surface area contributed by atoms with E-state index in [1.54, 1.807) is 0 Å². The molecule has 0 radical (unpaired) electrons. The molecule has 1 saturated carbocycles. The lowest BCUT2D eigenvalue weighted by Crippen LogP contribution is -2.45. The van der Waals surface area contributed by atoms with Crippen LogP contribution in [0.3, 0.4) is 0 Å². The van der Waals surface area contributed by atoms with E-state index < -0.39 is 0 Å². The van der Waals surface area contributed by atoms with Crippen molar-refractivity contribution in [1.82, 2.24) is 24.6 Å². The molecule has 7 nitrogen and oxygen atoms in total. The van der Waals surface area contributed by atoms with Crippen molar-refractivity contribution in [2.24, 2.45) is 0 Å². The van der Waals surface area contributed by atoms with Gasteiger partial charge in [0.2, 0.25) is 0 Å². The van der Waals surface area contributed by atoms with Crippen molar-refractivity contribution in [2.45, 2.75) is 51.2 Å². The van der Waals surface area contributed by atoms with Gasteiger partial charge in [-0.25, -0.2) is 9.48 Å². The van der Waals surface area contributed by atoms with Crippen LogP contribution in [0.1, 0.15) is 54.2 Å². The fraction of sp³-hybridized carbons (Fsp3) is 0.333. The molecule has 1 N–H and O–H groups in total. The number of para-hydroxylation sites is 1. The third kappa shape index (κ3) is 4.18. The number of carbonyl (C=O) groups is 1. The number of urea groups is 1. The molecule has 2 aromatic heterocycles. The van der Waals surface area contributed by atoms with E-state index >= 15 is 0 Å². The number of aryl methyl sites for hydroxylation is 1. The zero-order valence-corrected chi connectivity index (χ0v) is 21.8. The van der Waals surface area contributed by atoms with E-state index in [4.69, 9.17) is 5.10 Å². The summed E-state index contributed by atoms with van der Waals surface area (Å²) < 4.78 is 4.23. The van der Waals surface area contributed by atoms with Gasteiger partial charge in [-0.1, -0.05) is 43.2 Å². The van der Waals surface area contributed by atoms with E-state index in [1.807, 2.05) is 48.8 Å². The fourth-order valence-corrected chi connectivity index (χ4v) is 5.78. The van der Waals surface area contributed by atoms with Crippen molar-refractivity contribution in [2.75, 3.05) is 19.0 Å². The van der Waals surface area contributed by atoms with E-state index in [0.29, 0.717) is 6.54 Å². The number of nitrogens with zero attached hydrogens (tertiary/aromatic N) is 5. The minimum atomic E-state index is -0.233. The molecular formula is C30H34N6O. The van der Waals surface area contributed by atoms with Crippen molar-refractivity contribution in [3.8, 4) is 11.5 Å². The molecule has 1 fully saturated rings. The summed E-state index contributed by atoms with van der Waals surface area (Å²) in [6.45, 7) is 2.52.